The van der Waals surface area contributed by atoms with Gasteiger partial charge < -0.3 is 21.1 Å². The number of carbonyl (C=O) groups excluding carboxylic acids is 3. The van der Waals surface area contributed by atoms with Gasteiger partial charge in [0, 0.05) is 11.3 Å². The molecule has 2 aromatic rings. The molecule has 2 aromatic carbocycles. The van der Waals surface area contributed by atoms with Crippen LogP contribution >= 0.6 is 0 Å². The molecule has 2 rings (SSSR count). The SMILES string of the molecule is CC(C)(C)c1ccccc1OCC(=O)Nc1cccc(C(=O)NCC(N)=O)c1. The largest absolute Gasteiger partial charge is 0.483 e. The highest BCUT2D eigenvalue weighted by Gasteiger charge is 2.19. The maximum atomic E-state index is 12.2. The number of anilines is 1. The predicted molar refractivity (Wildman–Crippen MR) is 107 cm³/mol. The molecule has 148 valence electrons. The van der Waals surface area contributed by atoms with Gasteiger partial charge in [-0.1, -0.05) is 45.0 Å². The van der Waals surface area contributed by atoms with Gasteiger partial charge in [0.15, 0.2) is 6.61 Å². The second-order valence-corrected chi connectivity index (χ2v) is 7.31. The zero-order valence-corrected chi connectivity index (χ0v) is 16.2. The molecule has 0 radical (unpaired) electrons. The van der Waals surface area contributed by atoms with Crippen LogP contribution in [-0.4, -0.2) is 30.9 Å². The van der Waals surface area contributed by atoms with Crippen molar-refractivity contribution in [1.82, 2.24) is 5.32 Å². The minimum Gasteiger partial charge on any atom is -0.483 e. The average Bonchev–Trinajstić information content (AvgIpc) is 2.64. The van der Waals surface area contributed by atoms with Crippen molar-refractivity contribution in [3.63, 3.8) is 0 Å². The average molecular weight is 383 g/mol. The fourth-order valence-corrected chi connectivity index (χ4v) is 2.56. The van der Waals surface area contributed by atoms with Crippen molar-refractivity contribution in [3.05, 3.63) is 59.7 Å². The third-order valence-corrected chi connectivity index (χ3v) is 3.89. The summed E-state index contributed by atoms with van der Waals surface area (Å²) in [6.45, 7) is 5.81. The number of para-hydroxylation sites is 1. The summed E-state index contributed by atoms with van der Waals surface area (Å²) < 4.78 is 5.70. The van der Waals surface area contributed by atoms with Crippen molar-refractivity contribution in [1.29, 1.82) is 0 Å². The number of ether oxygens (including phenoxy) is 1. The van der Waals surface area contributed by atoms with Crippen molar-refractivity contribution in [2.24, 2.45) is 5.73 Å². The van der Waals surface area contributed by atoms with Crippen molar-refractivity contribution < 1.29 is 19.1 Å². The molecule has 3 amide bonds. The first-order chi connectivity index (χ1) is 13.2. The third kappa shape index (κ3) is 6.12. The van der Waals surface area contributed by atoms with E-state index in [9.17, 15) is 14.4 Å². The zero-order chi connectivity index (χ0) is 20.7. The van der Waals surface area contributed by atoms with Gasteiger partial charge in [0.05, 0.1) is 6.54 Å². The fourth-order valence-electron chi connectivity index (χ4n) is 2.56. The molecule has 0 aliphatic rings. The van der Waals surface area contributed by atoms with Gasteiger partial charge in [0.25, 0.3) is 11.8 Å². The monoisotopic (exact) mass is 383 g/mol. The topological polar surface area (TPSA) is 111 Å². The molecule has 0 aliphatic heterocycles. The Morgan fingerprint density at radius 3 is 2.43 bits per heavy atom. The Hall–Kier alpha value is -3.35. The minimum absolute atomic E-state index is 0.111. The summed E-state index contributed by atoms with van der Waals surface area (Å²) in [6.07, 6.45) is 0. The van der Waals surface area contributed by atoms with E-state index in [-0.39, 0.29) is 24.5 Å². The van der Waals surface area contributed by atoms with Crippen LogP contribution in [-0.2, 0) is 15.0 Å². The highest BCUT2D eigenvalue weighted by molar-refractivity contribution is 5.98. The second-order valence-electron chi connectivity index (χ2n) is 7.31. The Balaban J connectivity index is 1.98. The van der Waals surface area contributed by atoms with Gasteiger partial charge in [0.1, 0.15) is 5.75 Å². The van der Waals surface area contributed by atoms with E-state index in [2.05, 4.69) is 31.4 Å². The first-order valence-electron chi connectivity index (χ1n) is 8.85. The highest BCUT2D eigenvalue weighted by Crippen LogP contribution is 2.30. The molecule has 0 aliphatic carbocycles. The highest BCUT2D eigenvalue weighted by atomic mass is 16.5. The first kappa shape index (κ1) is 21.0. The lowest BCUT2D eigenvalue weighted by atomic mass is 9.86. The van der Waals surface area contributed by atoms with E-state index < -0.39 is 11.8 Å². The normalized spacial score (nSPS) is 10.8. The number of hydrogen-bond donors (Lipinski definition) is 3. The molecule has 0 bridgehead atoms. The molecule has 0 aromatic heterocycles. The molecular weight excluding hydrogens is 358 g/mol. The molecule has 4 N–H and O–H groups in total. The van der Waals surface area contributed by atoms with Crippen LogP contribution in [0.15, 0.2) is 48.5 Å². The molecule has 7 nitrogen and oxygen atoms in total. The van der Waals surface area contributed by atoms with Gasteiger partial charge in [-0.3, -0.25) is 14.4 Å². The van der Waals surface area contributed by atoms with Crippen molar-refractivity contribution in [3.8, 4) is 5.75 Å². The molecular formula is C21H25N3O4. The molecule has 0 fully saturated rings. The standard InChI is InChI=1S/C21H25N3O4/c1-21(2,3)16-9-4-5-10-17(16)28-13-19(26)24-15-8-6-7-14(11-15)20(27)23-12-18(22)25/h4-11H,12-13H2,1-3H3,(H2,22,25)(H,23,27)(H,24,26). The quantitative estimate of drug-likeness (QED) is 0.681. The summed E-state index contributed by atoms with van der Waals surface area (Å²) in [6, 6.07) is 14.0. The van der Waals surface area contributed by atoms with Crippen LogP contribution in [0.25, 0.3) is 0 Å². The Bertz CT molecular complexity index is 872. The number of carbonyl (C=O) groups is 3. The molecule has 0 spiro atoms. The summed E-state index contributed by atoms with van der Waals surface area (Å²) in [5, 5.41) is 5.09. The van der Waals surface area contributed by atoms with E-state index in [4.69, 9.17) is 10.5 Å². The van der Waals surface area contributed by atoms with Gasteiger partial charge in [-0.05, 0) is 35.2 Å². The van der Waals surface area contributed by atoms with Gasteiger partial charge in [-0.2, -0.15) is 0 Å². The molecule has 0 unspecified atom stereocenters. The van der Waals surface area contributed by atoms with E-state index >= 15 is 0 Å². The maximum absolute atomic E-state index is 12.2. The van der Waals surface area contributed by atoms with Gasteiger partial charge in [-0.15, -0.1) is 0 Å². The Kier molecular flexibility index (Phi) is 6.76. The fraction of sp³-hybridized carbons (Fsp3) is 0.286. The van der Waals surface area contributed by atoms with Gasteiger partial charge in [-0.25, -0.2) is 0 Å². The third-order valence-electron chi connectivity index (χ3n) is 3.89. The van der Waals surface area contributed by atoms with Crippen molar-refractivity contribution in [2.45, 2.75) is 26.2 Å². The number of rotatable bonds is 7. The Morgan fingerprint density at radius 2 is 1.75 bits per heavy atom. The summed E-state index contributed by atoms with van der Waals surface area (Å²) in [5.41, 5.74) is 6.66. The zero-order valence-electron chi connectivity index (χ0n) is 16.2. The maximum Gasteiger partial charge on any atom is 0.262 e. The van der Waals surface area contributed by atoms with Crippen LogP contribution in [0.3, 0.4) is 0 Å². The minimum atomic E-state index is -0.634. The van der Waals surface area contributed by atoms with Gasteiger partial charge in [0.2, 0.25) is 5.91 Å². The number of benzene rings is 2. The lowest BCUT2D eigenvalue weighted by Crippen LogP contribution is -2.33. The summed E-state index contributed by atoms with van der Waals surface area (Å²) >= 11 is 0. The van der Waals surface area contributed by atoms with Crippen molar-refractivity contribution >= 4 is 23.4 Å². The predicted octanol–water partition coefficient (Wildman–Crippen LogP) is 2.22. The molecule has 0 atom stereocenters. The molecule has 0 saturated heterocycles. The lowest BCUT2D eigenvalue weighted by molar-refractivity contribution is -0.118. The number of amides is 3. The number of nitrogens with two attached hydrogens (primary N) is 1. The van der Waals surface area contributed by atoms with E-state index in [0.29, 0.717) is 17.0 Å². The number of nitrogens with one attached hydrogen (secondary N) is 2. The second kappa shape index (κ2) is 9.03. The first-order valence-corrected chi connectivity index (χ1v) is 8.85. The molecule has 7 heteroatoms. The van der Waals surface area contributed by atoms with E-state index in [1.54, 1.807) is 18.2 Å². The lowest BCUT2D eigenvalue weighted by Gasteiger charge is -2.22. The van der Waals surface area contributed by atoms with Crippen LogP contribution in [0.1, 0.15) is 36.7 Å². The van der Waals surface area contributed by atoms with E-state index in [1.165, 1.54) is 6.07 Å². The summed E-state index contributed by atoms with van der Waals surface area (Å²) in [7, 11) is 0. The van der Waals surface area contributed by atoms with Crippen LogP contribution < -0.4 is 21.1 Å². The van der Waals surface area contributed by atoms with Crippen LogP contribution in [0.4, 0.5) is 5.69 Å². The molecule has 0 heterocycles. The molecule has 0 saturated carbocycles. The Morgan fingerprint density at radius 1 is 1.04 bits per heavy atom. The van der Waals surface area contributed by atoms with E-state index in [1.807, 2.05) is 24.3 Å². The van der Waals surface area contributed by atoms with Gasteiger partial charge >= 0.3 is 0 Å². The summed E-state index contributed by atoms with van der Waals surface area (Å²) in [4.78, 5) is 35.0. The van der Waals surface area contributed by atoms with E-state index in [0.717, 1.165) is 5.56 Å². The van der Waals surface area contributed by atoms with Crippen LogP contribution in [0.2, 0.25) is 0 Å². The smallest absolute Gasteiger partial charge is 0.262 e. The number of hydrogen-bond acceptors (Lipinski definition) is 4. The van der Waals surface area contributed by atoms with Crippen molar-refractivity contribution in [2.75, 3.05) is 18.5 Å². The Labute approximate surface area is 164 Å². The molecule has 28 heavy (non-hydrogen) atoms. The van der Waals surface area contributed by atoms with Crippen LogP contribution in [0.5, 0.6) is 5.75 Å². The number of primary amides is 1. The van der Waals surface area contributed by atoms with Crippen LogP contribution in [0, 0.1) is 0 Å². The summed E-state index contributed by atoms with van der Waals surface area (Å²) in [5.74, 6) is -0.779.